The molecule has 0 radical (unpaired) electrons. The highest BCUT2D eigenvalue weighted by Gasteiger charge is 2.33. The number of carbonyl (C=O) groups excluding carboxylic acids is 1. The second-order valence-electron chi connectivity index (χ2n) is 6.39. The predicted molar refractivity (Wildman–Crippen MR) is 100 cm³/mol. The molecule has 2 aromatic heterocycles. The first-order valence-corrected chi connectivity index (χ1v) is 9.05. The van der Waals surface area contributed by atoms with E-state index in [1.165, 1.54) is 22.1 Å². The Balaban J connectivity index is 1.69. The van der Waals surface area contributed by atoms with Crippen molar-refractivity contribution in [2.75, 3.05) is 12.1 Å². The molecule has 0 saturated carbocycles. The average Bonchev–Trinajstić information content (AvgIpc) is 3.32. The standard InChI is InChI=1S/C18H16N4O4S/c1-18(2,16(24)20-17-19-7-8-27-17)22-15(23)6-4-12(21-22)11-3-5-13-14(9-11)26-10-25-13/h3-9H,10H2,1-2H3,(H,19,20,24). The molecule has 27 heavy (non-hydrogen) atoms. The maximum absolute atomic E-state index is 12.7. The number of amides is 1. The molecular weight excluding hydrogens is 368 g/mol. The second kappa shape index (κ2) is 6.51. The van der Waals surface area contributed by atoms with Crippen LogP contribution < -0.4 is 20.3 Å². The fourth-order valence-electron chi connectivity index (χ4n) is 2.65. The molecule has 3 aromatic rings. The molecule has 1 N–H and O–H groups in total. The largest absolute Gasteiger partial charge is 0.454 e. The molecule has 0 saturated heterocycles. The number of ether oxygens (including phenoxy) is 2. The summed E-state index contributed by atoms with van der Waals surface area (Å²) in [7, 11) is 0. The van der Waals surface area contributed by atoms with E-state index in [-0.39, 0.29) is 18.3 Å². The highest BCUT2D eigenvalue weighted by molar-refractivity contribution is 7.13. The number of aromatic nitrogens is 3. The third-order valence-corrected chi connectivity index (χ3v) is 4.90. The Hall–Kier alpha value is -3.20. The Labute approximate surface area is 158 Å². The zero-order valence-electron chi connectivity index (χ0n) is 14.6. The zero-order chi connectivity index (χ0) is 19.0. The fraction of sp³-hybridized carbons (Fsp3) is 0.222. The van der Waals surface area contributed by atoms with E-state index in [0.29, 0.717) is 22.3 Å². The molecule has 1 aliphatic rings. The zero-order valence-corrected chi connectivity index (χ0v) is 15.4. The number of rotatable bonds is 4. The second-order valence-corrected chi connectivity index (χ2v) is 7.28. The number of fused-ring (bicyclic) bond motifs is 1. The lowest BCUT2D eigenvalue weighted by Gasteiger charge is -2.24. The average molecular weight is 384 g/mol. The Kier molecular flexibility index (Phi) is 4.15. The normalized spacial score (nSPS) is 12.8. The van der Waals surface area contributed by atoms with Gasteiger partial charge in [0.15, 0.2) is 16.6 Å². The van der Waals surface area contributed by atoms with Crippen molar-refractivity contribution in [2.45, 2.75) is 19.4 Å². The molecule has 1 amide bonds. The molecule has 138 valence electrons. The van der Waals surface area contributed by atoms with E-state index in [4.69, 9.17) is 9.47 Å². The molecule has 0 atom stereocenters. The third kappa shape index (κ3) is 3.17. The van der Waals surface area contributed by atoms with E-state index in [1.807, 2.05) is 6.07 Å². The van der Waals surface area contributed by atoms with Crippen LogP contribution in [0.5, 0.6) is 11.5 Å². The van der Waals surface area contributed by atoms with Gasteiger partial charge in [-0.2, -0.15) is 5.10 Å². The molecule has 1 aliphatic heterocycles. The van der Waals surface area contributed by atoms with Crippen LogP contribution in [0.4, 0.5) is 5.13 Å². The first-order chi connectivity index (χ1) is 12.9. The summed E-state index contributed by atoms with van der Waals surface area (Å²) in [6.45, 7) is 3.44. The summed E-state index contributed by atoms with van der Waals surface area (Å²) in [5, 5.41) is 9.36. The number of anilines is 1. The summed E-state index contributed by atoms with van der Waals surface area (Å²) in [5.41, 5.74) is -0.291. The predicted octanol–water partition coefficient (Wildman–Crippen LogP) is 2.47. The van der Waals surface area contributed by atoms with Gasteiger partial charge in [-0.05, 0) is 38.1 Å². The summed E-state index contributed by atoms with van der Waals surface area (Å²) in [6.07, 6.45) is 1.60. The minimum Gasteiger partial charge on any atom is -0.454 e. The van der Waals surface area contributed by atoms with Crippen LogP contribution in [0.25, 0.3) is 11.3 Å². The van der Waals surface area contributed by atoms with E-state index in [2.05, 4.69) is 15.4 Å². The number of hydrogen-bond donors (Lipinski definition) is 1. The van der Waals surface area contributed by atoms with Crippen LogP contribution in [-0.4, -0.2) is 27.5 Å². The molecule has 8 nitrogen and oxygen atoms in total. The van der Waals surface area contributed by atoms with Crippen molar-refractivity contribution in [1.82, 2.24) is 14.8 Å². The van der Waals surface area contributed by atoms with Crippen LogP contribution in [-0.2, 0) is 10.3 Å². The Morgan fingerprint density at radius 2 is 2.04 bits per heavy atom. The lowest BCUT2D eigenvalue weighted by atomic mass is 10.0. The highest BCUT2D eigenvalue weighted by Crippen LogP contribution is 2.35. The SMILES string of the molecule is CC(C)(C(=O)Nc1nccs1)n1nc(-c2ccc3c(c2)OCO3)ccc1=O. The summed E-state index contributed by atoms with van der Waals surface area (Å²) in [4.78, 5) is 29.1. The molecule has 1 aromatic carbocycles. The van der Waals surface area contributed by atoms with E-state index in [0.717, 1.165) is 5.56 Å². The van der Waals surface area contributed by atoms with Gasteiger partial charge in [0.25, 0.3) is 11.5 Å². The number of benzene rings is 1. The number of thiazole rings is 1. The van der Waals surface area contributed by atoms with Crippen molar-refractivity contribution in [3.63, 3.8) is 0 Å². The summed E-state index contributed by atoms with van der Waals surface area (Å²) >= 11 is 1.30. The van der Waals surface area contributed by atoms with E-state index in [1.54, 1.807) is 43.6 Å². The van der Waals surface area contributed by atoms with E-state index in [9.17, 15) is 9.59 Å². The molecule has 4 rings (SSSR count). The molecule has 0 fully saturated rings. The lowest BCUT2D eigenvalue weighted by molar-refractivity contribution is -0.123. The monoisotopic (exact) mass is 384 g/mol. The van der Waals surface area contributed by atoms with Crippen LogP contribution in [0.3, 0.4) is 0 Å². The van der Waals surface area contributed by atoms with Gasteiger partial charge >= 0.3 is 0 Å². The van der Waals surface area contributed by atoms with Crippen LogP contribution in [0, 0.1) is 0 Å². The molecule has 0 aliphatic carbocycles. The van der Waals surface area contributed by atoms with Gasteiger partial charge in [-0.3, -0.25) is 14.9 Å². The van der Waals surface area contributed by atoms with E-state index >= 15 is 0 Å². The van der Waals surface area contributed by atoms with Gasteiger partial charge in [0.2, 0.25) is 6.79 Å². The van der Waals surface area contributed by atoms with Crippen LogP contribution in [0.2, 0.25) is 0 Å². The number of nitrogens with zero attached hydrogens (tertiary/aromatic N) is 3. The molecule has 9 heteroatoms. The van der Waals surface area contributed by atoms with Crippen LogP contribution >= 0.6 is 11.3 Å². The van der Waals surface area contributed by atoms with Gasteiger partial charge in [0.1, 0.15) is 5.54 Å². The lowest BCUT2D eigenvalue weighted by Crippen LogP contribution is -2.47. The summed E-state index contributed by atoms with van der Waals surface area (Å²) in [5.74, 6) is 0.901. The smallest absolute Gasteiger partial charge is 0.267 e. The minimum atomic E-state index is -1.21. The van der Waals surface area contributed by atoms with E-state index < -0.39 is 5.54 Å². The summed E-state index contributed by atoms with van der Waals surface area (Å²) in [6, 6.07) is 8.42. The summed E-state index contributed by atoms with van der Waals surface area (Å²) < 4.78 is 11.9. The maximum atomic E-state index is 12.7. The molecule has 3 heterocycles. The van der Waals surface area contributed by atoms with Crippen LogP contribution in [0.1, 0.15) is 13.8 Å². The van der Waals surface area contributed by atoms with Gasteiger partial charge in [-0.15, -0.1) is 11.3 Å². The fourth-order valence-corrected chi connectivity index (χ4v) is 3.18. The van der Waals surface area contributed by atoms with Gasteiger partial charge in [-0.25, -0.2) is 9.67 Å². The third-order valence-electron chi connectivity index (χ3n) is 4.21. The highest BCUT2D eigenvalue weighted by atomic mass is 32.1. The van der Waals surface area contributed by atoms with Gasteiger partial charge in [0.05, 0.1) is 5.69 Å². The Morgan fingerprint density at radius 3 is 2.81 bits per heavy atom. The van der Waals surface area contributed by atoms with Crippen molar-refractivity contribution in [3.05, 3.63) is 52.3 Å². The molecule has 0 bridgehead atoms. The van der Waals surface area contributed by atoms with Gasteiger partial charge in [-0.1, -0.05) is 0 Å². The maximum Gasteiger partial charge on any atom is 0.267 e. The number of nitrogens with one attached hydrogen (secondary N) is 1. The molecule has 0 spiro atoms. The Bertz CT molecular complexity index is 1060. The molecule has 0 unspecified atom stereocenters. The minimum absolute atomic E-state index is 0.176. The Morgan fingerprint density at radius 1 is 1.22 bits per heavy atom. The first-order valence-electron chi connectivity index (χ1n) is 8.17. The number of carbonyl (C=O) groups is 1. The van der Waals surface area contributed by atoms with Crippen molar-refractivity contribution in [2.24, 2.45) is 0 Å². The quantitative estimate of drug-likeness (QED) is 0.742. The van der Waals surface area contributed by atoms with Gasteiger partial charge in [0, 0.05) is 23.2 Å². The van der Waals surface area contributed by atoms with Crippen molar-refractivity contribution in [1.29, 1.82) is 0 Å². The van der Waals surface area contributed by atoms with Gasteiger partial charge < -0.3 is 9.47 Å². The molecular formula is C18H16N4O4S. The van der Waals surface area contributed by atoms with Crippen LogP contribution in [0.15, 0.2) is 46.7 Å². The van der Waals surface area contributed by atoms with Crippen molar-refractivity contribution >= 4 is 22.4 Å². The first kappa shape index (κ1) is 17.2. The van der Waals surface area contributed by atoms with Crippen molar-refractivity contribution in [3.8, 4) is 22.8 Å². The number of hydrogen-bond acceptors (Lipinski definition) is 7. The van der Waals surface area contributed by atoms with Crippen molar-refractivity contribution < 1.29 is 14.3 Å². The topological polar surface area (TPSA) is 95.3 Å².